The van der Waals surface area contributed by atoms with Crippen LogP contribution in [0, 0.1) is 20.8 Å². The highest BCUT2D eigenvalue weighted by Crippen LogP contribution is 2.10. The lowest BCUT2D eigenvalue weighted by Crippen LogP contribution is -2.26. The lowest BCUT2D eigenvalue weighted by Gasteiger charge is -2.09. The Morgan fingerprint density at radius 3 is 2.46 bits per heavy atom. The number of nitrogens with two attached hydrogens (primary N) is 1. The van der Waals surface area contributed by atoms with Crippen molar-refractivity contribution in [2.45, 2.75) is 33.4 Å². The first kappa shape index (κ1) is 10.2. The quantitative estimate of drug-likeness (QED) is 0.700. The molecule has 4 nitrogen and oxygen atoms in total. The van der Waals surface area contributed by atoms with Crippen LogP contribution in [0.1, 0.15) is 17.0 Å². The first-order chi connectivity index (χ1) is 6.06. The molecule has 74 valence electrons. The Morgan fingerprint density at radius 1 is 1.46 bits per heavy atom. The second kappa shape index (κ2) is 3.89. The molecule has 1 atom stereocenters. The van der Waals surface area contributed by atoms with Crippen LogP contribution in [0.15, 0.2) is 0 Å². The Labute approximate surface area is 78.4 Å². The van der Waals surface area contributed by atoms with Gasteiger partial charge in [-0.25, -0.2) is 0 Å². The van der Waals surface area contributed by atoms with Crippen LogP contribution in [0.2, 0.25) is 0 Å². The molecule has 0 fully saturated rings. The van der Waals surface area contributed by atoms with Gasteiger partial charge in [0.1, 0.15) is 0 Å². The molecule has 0 radical (unpaired) electrons. The number of rotatable bonds is 3. The van der Waals surface area contributed by atoms with Gasteiger partial charge in [-0.15, -0.1) is 0 Å². The van der Waals surface area contributed by atoms with Crippen LogP contribution in [0.4, 0.5) is 0 Å². The third-order valence-electron chi connectivity index (χ3n) is 2.40. The third-order valence-corrected chi connectivity index (χ3v) is 2.40. The summed E-state index contributed by atoms with van der Waals surface area (Å²) in [5.74, 6) is 0. The van der Waals surface area contributed by atoms with Crippen molar-refractivity contribution in [3.05, 3.63) is 17.0 Å². The van der Waals surface area contributed by atoms with Gasteiger partial charge < -0.3 is 10.8 Å². The average Bonchev–Trinajstić information content (AvgIpc) is 2.34. The number of aromatic nitrogens is 2. The molecule has 0 bridgehead atoms. The molecule has 4 heteroatoms. The highest BCUT2D eigenvalue weighted by Gasteiger charge is 2.09. The summed E-state index contributed by atoms with van der Waals surface area (Å²) in [5.41, 5.74) is 8.63. The molecule has 1 aromatic heterocycles. The fourth-order valence-electron chi connectivity index (χ4n) is 1.24. The normalized spacial score (nSPS) is 13.3. The molecule has 1 unspecified atom stereocenters. The van der Waals surface area contributed by atoms with Crippen molar-refractivity contribution in [1.82, 2.24) is 9.78 Å². The first-order valence-electron chi connectivity index (χ1n) is 4.45. The van der Waals surface area contributed by atoms with Crippen LogP contribution in [-0.4, -0.2) is 27.5 Å². The van der Waals surface area contributed by atoms with Crippen molar-refractivity contribution in [2.75, 3.05) is 6.54 Å². The number of hydrogen-bond acceptors (Lipinski definition) is 3. The minimum absolute atomic E-state index is 0.275. The fourth-order valence-corrected chi connectivity index (χ4v) is 1.24. The number of aliphatic hydroxyl groups is 1. The second-order valence-electron chi connectivity index (χ2n) is 3.37. The molecule has 0 saturated heterocycles. The predicted octanol–water partition coefficient (Wildman–Crippen LogP) is 0.128. The zero-order chi connectivity index (χ0) is 10.0. The van der Waals surface area contributed by atoms with E-state index < -0.39 is 6.10 Å². The largest absolute Gasteiger partial charge is 0.390 e. The number of aliphatic hydroxyl groups excluding tert-OH is 1. The molecule has 1 heterocycles. The summed E-state index contributed by atoms with van der Waals surface area (Å²) >= 11 is 0. The predicted molar refractivity (Wildman–Crippen MR) is 51.5 cm³/mol. The van der Waals surface area contributed by atoms with Crippen molar-refractivity contribution in [3.63, 3.8) is 0 Å². The molecule has 0 aliphatic heterocycles. The summed E-state index contributed by atoms with van der Waals surface area (Å²) in [6.45, 7) is 6.75. The monoisotopic (exact) mass is 183 g/mol. The van der Waals surface area contributed by atoms with E-state index in [4.69, 9.17) is 5.73 Å². The Balaban J connectivity index is 2.83. The maximum Gasteiger partial charge on any atom is 0.0858 e. The van der Waals surface area contributed by atoms with Crippen LogP contribution in [0.25, 0.3) is 0 Å². The smallest absolute Gasteiger partial charge is 0.0858 e. The van der Waals surface area contributed by atoms with Gasteiger partial charge in [-0.1, -0.05) is 0 Å². The molecule has 0 aromatic carbocycles. The van der Waals surface area contributed by atoms with Gasteiger partial charge >= 0.3 is 0 Å². The third kappa shape index (κ3) is 2.08. The Bertz CT molecular complexity index is 293. The molecule has 1 rings (SSSR count). The number of hydrogen-bond donors (Lipinski definition) is 2. The molecule has 0 amide bonds. The van der Waals surface area contributed by atoms with Crippen LogP contribution >= 0.6 is 0 Å². The van der Waals surface area contributed by atoms with E-state index in [2.05, 4.69) is 5.10 Å². The molecular weight excluding hydrogens is 166 g/mol. The molecule has 0 spiro atoms. The Hall–Kier alpha value is -0.870. The van der Waals surface area contributed by atoms with Gasteiger partial charge in [-0.05, 0) is 26.3 Å². The maximum atomic E-state index is 9.35. The first-order valence-corrected chi connectivity index (χ1v) is 4.45. The zero-order valence-corrected chi connectivity index (χ0v) is 8.41. The van der Waals surface area contributed by atoms with E-state index in [1.165, 1.54) is 5.56 Å². The lowest BCUT2D eigenvalue weighted by atomic mass is 10.2. The minimum atomic E-state index is -0.502. The van der Waals surface area contributed by atoms with E-state index in [0.717, 1.165) is 11.4 Å². The topological polar surface area (TPSA) is 64.1 Å². The number of nitrogens with zero attached hydrogens (tertiary/aromatic N) is 2. The summed E-state index contributed by atoms with van der Waals surface area (Å²) in [6.07, 6.45) is -0.502. The Kier molecular flexibility index (Phi) is 3.06. The van der Waals surface area contributed by atoms with Crippen molar-refractivity contribution in [1.29, 1.82) is 0 Å². The van der Waals surface area contributed by atoms with E-state index in [1.807, 2.05) is 25.5 Å². The summed E-state index contributed by atoms with van der Waals surface area (Å²) in [5, 5.41) is 13.6. The van der Waals surface area contributed by atoms with E-state index >= 15 is 0 Å². The fraction of sp³-hybridized carbons (Fsp3) is 0.667. The van der Waals surface area contributed by atoms with Crippen LogP contribution < -0.4 is 5.73 Å². The highest BCUT2D eigenvalue weighted by molar-refractivity contribution is 5.22. The van der Waals surface area contributed by atoms with Crippen molar-refractivity contribution in [2.24, 2.45) is 5.73 Å². The van der Waals surface area contributed by atoms with Crippen molar-refractivity contribution >= 4 is 0 Å². The molecule has 3 N–H and O–H groups in total. The van der Waals surface area contributed by atoms with E-state index in [9.17, 15) is 5.11 Å². The molecule has 0 aliphatic rings. The summed E-state index contributed by atoms with van der Waals surface area (Å²) < 4.78 is 1.81. The van der Waals surface area contributed by atoms with Crippen molar-refractivity contribution in [3.8, 4) is 0 Å². The lowest BCUT2D eigenvalue weighted by molar-refractivity contribution is 0.156. The summed E-state index contributed by atoms with van der Waals surface area (Å²) in [4.78, 5) is 0. The Morgan fingerprint density at radius 2 is 2.08 bits per heavy atom. The molecule has 1 aromatic rings. The SMILES string of the molecule is Cc1nn(CC(O)CN)c(C)c1C. The van der Waals surface area contributed by atoms with Crippen LogP contribution in [-0.2, 0) is 6.54 Å². The van der Waals surface area contributed by atoms with Gasteiger partial charge in [0.05, 0.1) is 18.3 Å². The molecular formula is C9H17N3O. The van der Waals surface area contributed by atoms with Crippen LogP contribution in [0.5, 0.6) is 0 Å². The van der Waals surface area contributed by atoms with E-state index in [-0.39, 0.29) is 6.54 Å². The molecule has 0 aliphatic carbocycles. The average molecular weight is 183 g/mol. The molecule has 0 saturated carbocycles. The second-order valence-corrected chi connectivity index (χ2v) is 3.37. The van der Waals surface area contributed by atoms with Gasteiger partial charge in [0.15, 0.2) is 0 Å². The van der Waals surface area contributed by atoms with Crippen molar-refractivity contribution < 1.29 is 5.11 Å². The van der Waals surface area contributed by atoms with Crippen LogP contribution in [0.3, 0.4) is 0 Å². The number of aryl methyl sites for hydroxylation is 1. The van der Waals surface area contributed by atoms with E-state index in [1.54, 1.807) is 0 Å². The highest BCUT2D eigenvalue weighted by atomic mass is 16.3. The van der Waals surface area contributed by atoms with Gasteiger partial charge in [0.2, 0.25) is 0 Å². The maximum absolute atomic E-state index is 9.35. The van der Waals surface area contributed by atoms with E-state index in [0.29, 0.717) is 6.54 Å². The molecule has 13 heavy (non-hydrogen) atoms. The zero-order valence-electron chi connectivity index (χ0n) is 8.41. The van der Waals surface area contributed by atoms with Gasteiger partial charge in [0.25, 0.3) is 0 Å². The standard InChI is InChI=1S/C9H17N3O/c1-6-7(2)11-12(8(6)3)5-9(13)4-10/h9,13H,4-5,10H2,1-3H3. The summed E-state index contributed by atoms with van der Waals surface area (Å²) in [7, 11) is 0. The summed E-state index contributed by atoms with van der Waals surface area (Å²) in [6, 6.07) is 0. The van der Waals surface area contributed by atoms with Gasteiger partial charge in [-0.3, -0.25) is 4.68 Å². The van der Waals surface area contributed by atoms with Gasteiger partial charge in [-0.2, -0.15) is 5.10 Å². The van der Waals surface area contributed by atoms with Gasteiger partial charge in [0, 0.05) is 12.2 Å². The minimum Gasteiger partial charge on any atom is -0.390 e.